The molecule has 0 radical (unpaired) electrons. The van der Waals surface area contributed by atoms with Gasteiger partial charge >= 0.3 is 0 Å². The third-order valence-electron chi connectivity index (χ3n) is 4.39. The van der Waals surface area contributed by atoms with Crippen LogP contribution in [0.4, 0.5) is 0 Å². The van der Waals surface area contributed by atoms with Crippen LogP contribution in [-0.2, 0) is 16.6 Å². The first kappa shape index (κ1) is 15.8. The molecule has 1 fully saturated rings. The summed E-state index contributed by atoms with van der Waals surface area (Å²) in [6.07, 6.45) is 3.77. The highest BCUT2D eigenvalue weighted by atomic mass is 32.2. The lowest BCUT2D eigenvalue weighted by atomic mass is 10.2. The van der Waals surface area contributed by atoms with E-state index >= 15 is 0 Å². The predicted molar refractivity (Wildman–Crippen MR) is 94.4 cm³/mol. The van der Waals surface area contributed by atoms with Crippen molar-refractivity contribution in [3.05, 3.63) is 46.9 Å². The average molecular weight is 362 g/mol. The van der Waals surface area contributed by atoms with Crippen LogP contribution in [0, 0.1) is 0 Å². The van der Waals surface area contributed by atoms with Crippen LogP contribution in [0.2, 0.25) is 0 Å². The van der Waals surface area contributed by atoms with Gasteiger partial charge in [0.15, 0.2) is 0 Å². The van der Waals surface area contributed by atoms with Gasteiger partial charge < -0.3 is 4.98 Å². The summed E-state index contributed by atoms with van der Waals surface area (Å²) in [7, 11) is -3.34. The highest BCUT2D eigenvalue weighted by Crippen LogP contribution is 2.22. The van der Waals surface area contributed by atoms with E-state index in [0.717, 1.165) is 30.7 Å². The number of sulfonamides is 1. The van der Waals surface area contributed by atoms with Crippen molar-refractivity contribution in [1.82, 2.24) is 19.2 Å². The summed E-state index contributed by atoms with van der Waals surface area (Å²) < 4.78 is 26.7. The molecule has 24 heavy (non-hydrogen) atoms. The molecule has 8 heteroatoms. The van der Waals surface area contributed by atoms with E-state index < -0.39 is 10.0 Å². The molecule has 4 rings (SSSR count). The summed E-state index contributed by atoms with van der Waals surface area (Å²) in [5.74, 6) is 0. The number of nitrogens with one attached hydrogen (secondary N) is 1. The van der Waals surface area contributed by atoms with Crippen LogP contribution in [0.1, 0.15) is 5.56 Å². The Morgan fingerprint density at radius 1 is 1.21 bits per heavy atom. The maximum absolute atomic E-state index is 12.5. The maximum Gasteiger partial charge on any atom is 0.243 e. The van der Waals surface area contributed by atoms with Crippen molar-refractivity contribution < 1.29 is 8.42 Å². The zero-order chi connectivity index (χ0) is 16.6. The van der Waals surface area contributed by atoms with Gasteiger partial charge in [-0.15, -0.1) is 0 Å². The molecule has 4 heterocycles. The van der Waals surface area contributed by atoms with Crippen molar-refractivity contribution in [2.45, 2.75) is 11.4 Å². The van der Waals surface area contributed by atoms with E-state index in [-0.39, 0.29) is 0 Å². The Hall–Kier alpha value is -1.74. The lowest BCUT2D eigenvalue weighted by molar-refractivity contribution is 0.182. The zero-order valence-electron chi connectivity index (χ0n) is 13.1. The molecule has 0 spiro atoms. The van der Waals surface area contributed by atoms with Crippen LogP contribution in [0.5, 0.6) is 0 Å². The maximum atomic E-state index is 12.5. The van der Waals surface area contributed by atoms with Crippen molar-refractivity contribution in [3.63, 3.8) is 0 Å². The fourth-order valence-corrected chi connectivity index (χ4v) is 5.50. The van der Waals surface area contributed by atoms with Crippen LogP contribution in [0.25, 0.3) is 11.0 Å². The van der Waals surface area contributed by atoms with Crippen LogP contribution < -0.4 is 0 Å². The monoisotopic (exact) mass is 362 g/mol. The van der Waals surface area contributed by atoms with Crippen LogP contribution >= 0.6 is 11.3 Å². The topological polar surface area (TPSA) is 69.3 Å². The highest BCUT2D eigenvalue weighted by molar-refractivity contribution is 7.89. The van der Waals surface area contributed by atoms with E-state index in [2.05, 4.69) is 20.9 Å². The Morgan fingerprint density at radius 2 is 2.04 bits per heavy atom. The van der Waals surface area contributed by atoms with Crippen molar-refractivity contribution in [3.8, 4) is 0 Å². The lowest BCUT2D eigenvalue weighted by Crippen LogP contribution is -2.48. The molecule has 1 aliphatic rings. The smallest absolute Gasteiger partial charge is 0.243 e. The molecule has 1 saturated heterocycles. The minimum Gasteiger partial charge on any atom is -0.346 e. The third kappa shape index (κ3) is 2.86. The van der Waals surface area contributed by atoms with Crippen molar-refractivity contribution in [2.24, 2.45) is 0 Å². The van der Waals surface area contributed by atoms with Gasteiger partial charge in [0.05, 0.1) is 4.90 Å². The summed E-state index contributed by atoms with van der Waals surface area (Å²) in [6.45, 7) is 3.32. The molecule has 126 valence electrons. The number of H-pyrrole nitrogens is 1. The largest absolute Gasteiger partial charge is 0.346 e. The molecule has 0 atom stereocenters. The van der Waals surface area contributed by atoms with Crippen molar-refractivity contribution >= 4 is 32.4 Å². The fourth-order valence-electron chi connectivity index (χ4n) is 3.06. The Morgan fingerprint density at radius 3 is 2.79 bits per heavy atom. The summed E-state index contributed by atoms with van der Waals surface area (Å²) in [4.78, 5) is 10.2. The van der Waals surface area contributed by atoms with Gasteiger partial charge in [-0.05, 0) is 29.1 Å². The second-order valence-electron chi connectivity index (χ2n) is 5.85. The van der Waals surface area contributed by atoms with E-state index in [9.17, 15) is 8.42 Å². The molecule has 0 unspecified atom stereocenters. The molecular weight excluding hydrogens is 344 g/mol. The number of thiophene rings is 1. The van der Waals surface area contributed by atoms with Gasteiger partial charge in [-0.2, -0.15) is 15.6 Å². The summed E-state index contributed by atoms with van der Waals surface area (Å²) >= 11 is 1.41. The van der Waals surface area contributed by atoms with Crippen LogP contribution in [-0.4, -0.2) is 53.8 Å². The van der Waals surface area contributed by atoms with Crippen molar-refractivity contribution in [2.75, 3.05) is 26.2 Å². The van der Waals surface area contributed by atoms with Gasteiger partial charge in [-0.3, -0.25) is 4.90 Å². The standard InChI is InChI=1S/C16H18N4O2S2/c21-24(22,14-3-9-23-12-14)20-7-5-19(6-8-20)11-13-10-18-16-15(13)2-1-4-17-16/h1-4,9-10,12H,5-8,11H2,(H,17,18). The van der Waals surface area contributed by atoms with Crippen molar-refractivity contribution in [1.29, 1.82) is 0 Å². The number of aromatic amines is 1. The summed E-state index contributed by atoms with van der Waals surface area (Å²) in [5, 5.41) is 4.63. The molecule has 0 bridgehead atoms. The zero-order valence-corrected chi connectivity index (χ0v) is 14.7. The predicted octanol–water partition coefficient (Wildman–Crippen LogP) is 2.13. The van der Waals surface area contributed by atoms with E-state index in [4.69, 9.17) is 0 Å². The van der Waals surface area contributed by atoms with Gasteiger partial charge in [-0.1, -0.05) is 0 Å². The second kappa shape index (κ2) is 6.29. The fraction of sp³-hybridized carbons (Fsp3) is 0.312. The minimum atomic E-state index is -3.34. The second-order valence-corrected chi connectivity index (χ2v) is 8.57. The molecule has 6 nitrogen and oxygen atoms in total. The van der Waals surface area contributed by atoms with E-state index in [1.165, 1.54) is 16.9 Å². The number of fused-ring (bicyclic) bond motifs is 1. The normalized spacial score (nSPS) is 17.5. The first-order chi connectivity index (χ1) is 11.6. The van der Waals surface area contributed by atoms with Gasteiger partial charge in [0, 0.05) is 55.9 Å². The molecule has 0 aromatic carbocycles. The Bertz CT molecular complexity index is 926. The average Bonchev–Trinajstić information content (AvgIpc) is 3.26. The first-order valence-electron chi connectivity index (χ1n) is 7.80. The molecule has 1 N–H and O–H groups in total. The first-order valence-corrected chi connectivity index (χ1v) is 10.2. The third-order valence-corrected chi connectivity index (χ3v) is 7.12. The number of aromatic nitrogens is 2. The number of piperazine rings is 1. The summed E-state index contributed by atoms with van der Waals surface area (Å²) in [6, 6.07) is 5.67. The van der Waals surface area contributed by atoms with E-state index in [1.807, 2.05) is 12.3 Å². The Labute approximate surface area is 144 Å². The summed E-state index contributed by atoms with van der Waals surface area (Å²) in [5.41, 5.74) is 2.10. The molecule has 0 amide bonds. The van der Waals surface area contributed by atoms with Gasteiger partial charge in [0.2, 0.25) is 10.0 Å². The number of pyridine rings is 1. The van der Waals surface area contributed by atoms with Gasteiger partial charge in [-0.25, -0.2) is 13.4 Å². The Kier molecular flexibility index (Phi) is 4.13. The number of hydrogen-bond donors (Lipinski definition) is 1. The Balaban J connectivity index is 1.43. The number of hydrogen-bond acceptors (Lipinski definition) is 5. The SMILES string of the molecule is O=S(=O)(c1ccsc1)N1CCN(Cc2c[nH]c3ncccc23)CC1. The molecule has 1 aliphatic heterocycles. The van der Waals surface area contributed by atoms with Crippen LogP contribution in [0.3, 0.4) is 0 Å². The molecule has 3 aromatic rings. The highest BCUT2D eigenvalue weighted by Gasteiger charge is 2.28. The minimum absolute atomic E-state index is 0.406. The number of rotatable bonds is 4. The molecule has 0 saturated carbocycles. The van der Waals surface area contributed by atoms with Gasteiger partial charge in [0.25, 0.3) is 0 Å². The number of nitrogens with zero attached hydrogens (tertiary/aromatic N) is 3. The van der Waals surface area contributed by atoms with E-state index in [0.29, 0.717) is 18.0 Å². The lowest BCUT2D eigenvalue weighted by Gasteiger charge is -2.33. The van der Waals surface area contributed by atoms with Crippen LogP contribution in [0.15, 0.2) is 46.2 Å². The molecule has 0 aliphatic carbocycles. The molecular formula is C16H18N4O2S2. The quantitative estimate of drug-likeness (QED) is 0.772. The molecule has 3 aromatic heterocycles. The van der Waals surface area contributed by atoms with E-state index in [1.54, 1.807) is 27.3 Å². The van der Waals surface area contributed by atoms with Gasteiger partial charge in [0.1, 0.15) is 5.65 Å².